The van der Waals surface area contributed by atoms with Crippen LogP contribution in [-0.4, -0.2) is 39.5 Å². The predicted molar refractivity (Wildman–Crippen MR) is 118 cm³/mol. The van der Waals surface area contributed by atoms with Crippen molar-refractivity contribution in [1.82, 2.24) is 15.0 Å². The van der Waals surface area contributed by atoms with Gasteiger partial charge in [0.2, 0.25) is 0 Å². The fourth-order valence-electron chi connectivity index (χ4n) is 3.82. The molecule has 8 nitrogen and oxygen atoms in total. The van der Waals surface area contributed by atoms with Crippen molar-refractivity contribution in [1.29, 1.82) is 0 Å². The van der Waals surface area contributed by atoms with E-state index in [1.54, 1.807) is 12.3 Å². The first kappa shape index (κ1) is 21.6. The second-order valence-electron chi connectivity index (χ2n) is 8.12. The molecule has 1 unspecified atom stereocenters. The maximum absolute atomic E-state index is 14.2. The van der Waals surface area contributed by atoms with E-state index >= 15 is 0 Å². The molecule has 4 rings (SSSR count). The SMILES string of the molecule is CC1(N)CCCN(c2ccncc2NC(=O)c2nc(-c3c(F)cccc3F)ncc2N)C1. The summed E-state index contributed by atoms with van der Waals surface area (Å²) in [6.45, 7) is 3.39. The van der Waals surface area contributed by atoms with E-state index in [9.17, 15) is 13.6 Å². The summed E-state index contributed by atoms with van der Waals surface area (Å²) in [5, 5.41) is 2.76. The van der Waals surface area contributed by atoms with Crippen LogP contribution in [0.15, 0.2) is 42.9 Å². The fourth-order valence-corrected chi connectivity index (χ4v) is 3.82. The zero-order chi connectivity index (χ0) is 22.9. The number of nitrogens with one attached hydrogen (secondary N) is 1. The summed E-state index contributed by atoms with van der Waals surface area (Å²) in [6, 6.07) is 5.20. The minimum absolute atomic E-state index is 0.0269. The van der Waals surface area contributed by atoms with Gasteiger partial charge in [0.1, 0.15) is 11.6 Å². The quantitative estimate of drug-likeness (QED) is 0.571. The Hall–Kier alpha value is -3.66. The number of nitrogens with two attached hydrogens (primary N) is 2. The van der Waals surface area contributed by atoms with Crippen LogP contribution in [0.4, 0.5) is 25.8 Å². The van der Waals surface area contributed by atoms with Gasteiger partial charge in [0.15, 0.2) is 11.5 Å². The number of aromatic nitrogens is 3. The number of halogens is 2. The molecule has 32 heavy (non-hydrogen) atoms. The molecule has 5 N–H and O–H groups in total. The van der Waals surface area contributed by atoms with Crippen molar-refractivity contribution in [2.75, 3.05) is 29.0 Å². The monoisotopic (exact) mass is 439 g/mol. The molecule has 0 bridgehead atoms. The summed E-state index contributed by atoms with van der Waals surface area (Å²) < 4.78 is 28.3. The molecule has 3 heterocycles. The van der Waals surface area contributed by atoms with Gasteiger partial charge >= 0.3 is 0 Å². The minimum Gasteiger partial charge on any atom is -0.396 e. The largest absolute Gasteiger partial charge is 0.396 e. The normalized spacial score (nSPS) is 18.4. The standard InChI is InChI=1S/C22H23F2N7O/c1-22(26)7-3-9-31(12-22)17-6-8-27-11-16(17)29-21(32)19-15(25)10-28-20(30-19)18-13(23)4-2-5-14(18)24/h2,4-6,8,10-11H,3,7,9,12,25-26H2,1H3,(H,29,32). The van der Waals surface area contributed by atoms with Gasteiger partial charge in [-0.15, -0.1) is 0 Å². The van der Waals surface area contributed by atoms with Gasteiger partial charge in [0, 0.05) is 24.8 Å². The van der Waals surface area contributed by atoms with E-state index in [0.717, 1.165) is 43.4 Å². The van der Waals surface area contributed by atoms with Crippen LogP contribution in [0.2, 0.25) is 0 Å². The molecule has 2 aromatic heterocycles. The van der Waals surface area contributed by atoms with Crippen LogP contribution in [0, 0.1) is 11.6 Å². The van der Waals surface area contributed by atoms with Crippen molar-refractivity contribution in [3.8, 4) is 11.4 Å². The topological polar surface area (TPSA) is 123 Å². The lowest BCUT2D eigenvalue weighted by Crippen LogP contribution is -2.52. The van der Waals surface area contributed by atoms with Crippen LogP contribution in [0.1, 0.15) is 30.3 Å². The first-order valence-electron chi connectivity index (χ1n) is 10.1. The van der Waals surface area contributed by atoms with Gasteiger partial charge in [0.05, 0.1) is 35.0 Å². The van der Waals surface area contributed by atoms with Crippen LogP contribution < -0.4 is 21.7 Å². The van der Waals surface area contributed by atoms with Gasteiger partial charge in [-0.05, 0) is 38.0 Å². The molecule has 0 aliphatic carbocycles. The first-order valence-corrected chi connectivity index (χ1v) is 10.1. The van der Waals surface area contributed by atoms with E-state index in [1.807, 2.05) is 6.92 Å². The molecule has 0 saturated carbocycles. The molecule has 1 aliphatic heterocycles. The molecule has 1 amide bonds. The second kappa shape index (κ2) is 8.46. The van der Waals surface area contributed by atoms with Gasteiger partial charge in [0.25, 0.3) is 5.91 Å². The summed E-state index contributed by atoms with van der Waals surface area (Å²) in [5.74, 6) is -2.61. The highest BCUT2D eigenvalue weighted by atomic mass is 19.1. The highest BCUT2D eigenvalue weighted by Crippen LogP contribution is 2.31. The molecule has 3 aromatic rings. The molecule has 166 valence electrons. The number of nitrogen functional groups attached to an aromatic ring is 1. The molecule has 1 atom stereocenters. The Kier molecular flexibility index (Phi) is 5.70. The van der Waals surface area contributed by atoms with E-state index < -0.39 is 23.1 Å². The molecule has 0 radical (unpaired) electrons. The third-order valence-corrected chi connectivity index (χ3v) is 5.33. The van der Waals surface area contributed by atoms with Crippen molar-refractivity contribution in [3.05, 3.63) is 60.2 Å². The van der Waals surface area contributed by atoms with E-state index in [2.05, 4.69) is 25.2 Å². The molecule has 0 spiro atoms. The van der Waals surface area contributed by atoms with Gasteiger partial charge in [-0.1, -0.05) is 6.07 Å². The molecule has 1 saturated heterocycles. The molecule has 1 aromatic carbocycles. The summed E-state index contributed by atoms with van der Waals surface area (Å²) in [5.41, 5.74) is 12.4. The molecule has 10 heteroatoms. The molecule has 1 fully saturated rings. The number of piperidine rings is 1. The lowest BCUT2D eigenvalue weighted by Gasteiger charge is -2.39. The van der Waals surface area contributed by atoms with Crippen molar-refractivity contribution in [2.45, 2.75) is 25.3 Å². The van der Waals surface area contributed by atoms with E-state index in [0.29, 0.717) is 12.2 Å². The zero-order valence-electron chi connectivity index (χ0n) is 17.5. The molecular formula is C22H23F2N7O. The van der Waals surface area contributed by atoms with Crippen molar-refractivity contribution in [3.63, 3.8) is 0 Å². The number of carbonyl (C=O) groups is 1. The number of pyridine rings is 1. The van der Waals surface area contributed by atoms with Crippen molar-refractivity contribution < 1.29 is 13.6 Å². The third kappa shape index (κ3) is 4.35. The fraction of sp³-hybridized carbons (Fsp3) is 0.273. The Labute approximate surface area is 183 Å². The maximum atomic E-state index is 14.2. The zero-order valence-corrected chi connectivity index (χ0v) is 17.5. The smallest absolute Gasteiger partial charge is 0.276 e. The predicted octanol–water partition coefficient (Wildman–Crippen LogP) is 2.97. The maximum Gasteiger partial charge on any atom is 0.276 e. The number of hydrogen-bond acceptors (Lipinski definition) is 7. The van der Waals surface area contributed by atoms with Gasteiger partial charge < -0.3 is 21.7 Å². The summed E-state index contributed by atoms with van der Waals surface area (Å²) in [4.78, 5) is 27.1. The number of hydrogen-bond donors (Lipinski definition) is 3. The number of rotatable bonds is 4. The van der Waals surface area contributed by atoms with Crippen molar-refractivity contribution in [2.24, 2.45) is 5.73 Å². The Morgan fingerprint density at radius 2 is 1.97 bits per heavy atom. The van der Waals surface area contributed by atoms with Gasteiger partial charge in [-0.2, -0.15) is 0 Å². The van der Waals surface area contributed by atoms with Crippen LogP contribution in [0.3, 0.4) is 0 Å². The van der Waals surface area contributed by atoms with E-state index in [4.69, 9.17) is 11.5 Å². The Bertz CT molecular complexity index is 1150. The number of carbonyl (C=O) groups excluding carboxylic acids is 1. The number of benzene rings is 1. The second-order valence-corrected chi connectivity index (χ2v) is 8.12. The number of anilines is 3. The van der Waals surface area contributed by atoms with E-state index in [1.165, 1.54) is 12.3 Å². The average Bonchev–Trinajstić information content (AvgIpc) is 2.74. The van der Waals surface area contributed by atoms with Gasteiger partial charge in [-0.3, -0.25) is 9.78 Å². The van der Waals surface area contributed by atoms with Crippen molar-refractivity contribution >= 4 is 23.0 Å². The highest BCUT2D eigenvalue weighted by molar-refractivity contribution is 6.07. The summed E-state index contributed by atoms with van der Waals surface area (Å²) in [6.07, 6.45) is 6.12. The van der Waals surface area contributed by atoms with Gasteiger partial charge in [-0.25, -0.2) is 18.7 Å². The summed E-state index contributed by atoms with van der Waals surface area (Å²) in [7, 11) is 0. The molecular weight excluding hydrogens is 416 g/mol. The van der Waals surface area contributed by atoms with E-state index in [-0.39, 0.29) is 22.7 Å². The number of amides is 1. The van der Waals surface area contributed by atoms with Crippen LogP contribution in [0.25, 0.3) is 11.4 Å². The summed E-state index contributed by atoms with van der Waals surface area (Å²) >= 11 is 0. The lowest BCUT2D eigenvalue weighted by atomic mass is 9.92. The minimum atomic E-state index is -0.842. The highest BCUT2D eigenvalue weighted by Gasteiger charge is 2.28. The average molecular weight is 439 g/mol. The molecule has 1 aliphatic rings. The Morgan fingerprint density at radius 3 is 2.69 bits per heavy atom. The Balaban J connectivity index is 1.65. The lowest BCUT2D eigenvalue weighted by molar-refractivity contribution is 0.102. The first-order chi connectivity index (χ1) is 15.2. The van der Waals surface area contributed by atoms with Crippen LogP contribution >= 0.6 is 0 Å². The Morgan fingerprint density at radius 1 is 1.22 bits per heavy atom. The third-order valence-electron chi connectivity index (χ3n) is 5.33. The van der Waals surface area contributed by atoms with Crippen LogP contribution in [-0.2, 0) is 0 Å². The number of nitrogens with zero attached hydrogens (tertiary/aromatic N) is 4. The van der Waals surface area contributed by atoms with Crippen LogP contribution in [0.5, 0.6) is 0 Å².